The van der Waals surface area contributed by atoms with Gasteiger partial charge in [-0.05, 0) is 34.1 Å². The molecule has 0 radical (unpaired) electrons. The maximum atomic E-state index is 12.4. The standard InChI is InChI=1S/C12H20N2O3/c1-7-10(15)13-12(3,4)11(16)14(7)9-5-6-17-8(9)2/h7-9H,5-6H2,1-4H3,(H,13,15). The summed E-state index contributed by atoms with van der Waals surface area (Å²) in [5.41, 5.74) is -0.814. The third kappa shape index (κ3) is 1.92. The highest BCUT2D eigenvalue weighted by Crippen LogP contribution is 2.27. The van der Waals surface area contributed by atoms with E-state index < -0.39 is 11.6 Å². The summed E-state index contributed by atoms with van der Waals surface area (Å²) in [5, 5.41) is 2.75. The van der Waals surface area contributed by atoms with E-state index in [1.54, 1.807) is 25.7 Å². The first-order chi connectivity index (χ1) is 7.84. The Balaban J connectivity index is 2.29. The molecule has 2 aliphatic heterocycles. The summed E-state index contributed by atoms with van der Waals surface area (Å²) in [5.74, 6) is -0.111. The molecule has 0 aliphatic carbocycles. The van der Waals surface area contributed by atoms with Crippen LogP contribution >= 0.6 is 0 Å². The lowest BCUT2D eigenvalue weighted by atomic mass is 9.94. The fourth-order valence-corrected chi connectivity index (χ4v) is 2.61. The van der Waals surface area contributed by atoms with E-state index in [9.17, 15) is 9.59 Å². The van der Waals surface area contributed by atoms with E-state index in [-0.39, 0.29) is 24.0 Å². The van der Waals surface area contributed by atoms with Gasteiger partial charge in [0.15, 0.2) is 0 Å². The lowest BCUT2D eigenvalue weighted by Gasteiger charge is -2.45. The summed E-state index contributed by atoms with van der Waals surface area (Å²) in [6, 6.07) is -0.396. The molecule has 2 fully saturated rings. The molecule has 17 heavy (non-hydrogen) atoms. The number of rotatable bonds is 1. The molecule has 3 unspecified atom stereocenters. The fraction of sp³-hybridized carbons (Fsp3) is 0.833. The van der Waals surface area contributed by atoms with Crippen molar-refractivity contribution in [2.24, 2.45) is 0 Å². The first kappa shape index (κ1) is 12.4. The van der Waals surface area contributed by atoms with Gasteiger partial charge in [-0.3, -0.25) is 9.59 Å². The van der Waals surface area contributed by atoms with Crippen molar-refractivity contribution in [3.8, 4) is 0 Å². The van der Waals surface area contributed by atoms with Crippen LogP contribution in [0.2, 0.25) is 0 Å². The summed E-state index contributed by atoms with van der Waals surface area (Å²) in [6.07, 6.45) is 0.809. The van der Waals surface area contributed by atoms with Gasteiger partial charge in [0.1, 0.15) is 11.6 Å². The van der Waals surface area contributed by atoms with E-state index >= 15 is 0 Å². The average molecular weight is 240 g/mol. The first-order valence-electron chi connectivity index (χ1n) is 6.11. The molecule has 0 spiro atoms. The van der Waals surface area contributed by atoms with Crippen LogP contribution < -0.4 is 5.32 Å². The topological polar surface area (TPSA) is 58.6 Å². The van der Waals surface area contributed by atoms with Gasteiger partial charge < -0.3 is 15.0 Å². The molecule has 1 N–H and O–H groups in total. The number of hydrogen-bond acceptors (Lipinski definition) is 3. The Hall–Kier alpha value is -1.10. The van der Waals surface area contributed by atoms with Gasteiger partial charge in [0.2, 0.25) is 11.8 Å². The number of carbonyl (C=O) groups excluding carboxylic acids is 2. The van der Waals surface area contributed by atoms with Crippen molar-refractivity contribution in [3.63, 3.8) is 0 Å². The maximum Gasteiger partial charge on any atom is 0.248 e. The predicted molar refractivity (Wildman–Crippen MR) is 62.3 cm³/mol. The Labute approximate surface area is 101 Å². The van der Waals surface area contributed by atoms with Crippen LogP contribution in [-0.2, 0) is 14.3 Å². The third-order valence-corrected chi connectivity index (χ3v) is 3.70. The van der Waals surface area contributed by atoms with Gasteiger partial charge in [0.25, 0.3) is 0 Å². The zero-order valence-electron chi connectivity index (χ0n) is 10.8. The minimum absolute atomic E-state index is 0.00287. The molecular formula is C12H20N2O3. The number of hydrogen-bond donors (Lipinski definition) is 1. The number of carbonyl (C=O) groups is 2. The normalized spacial score (nSPS) is 37.2. The minimum atomic E-state index is -0.814. The largest absolute Gasteiger partial charge is 0.376 e. The van der Waals surface area contributed by atoms with Gasteiger partial charge in [-0.1, -0.05) is 0 Å². The van der Waals surface area contributed by atoms with Crippen LogP contribution in [0.3, 0.4) is 0 Å². The second-order valence-corrected chi connectivity index (χ2v) is 5.43. The summed E-state index contributed by atoms with van der Waals surface area (Å²) >= 11 is 0. The van der Waals surface area contributed by atoms with Crippen LogP contribution in [0.1, 0.15) is 34.1 Å². The van der Waals surface area contributed by atoms with Gasteiger partial charge in [-0.2, -0.15) is 0 Å². The highest BCUT2D eigenvalue weighted by Gasteiger charge is 2.48. The second-order valence-electron chi connectivity index (χ2n) is 5.43. The molecule has 2 amide bonds. The Bertz CT molecular complexity index is 354. The minimum Gasteiger partial charge on any atom is -0.376 e. The van der Waals surface area contributed by atoms with Crippen LogP contribution in [0.15, 0.2) is 0 Å². The molecule has 2 heterocycles. The van der Waals surface area contributed by atoms with Crippen molar-refractivity contribution < 1.29 is 14.3 Å². The van der Waals surface area contributed by atoms with Crippen molar-refractivity contribution in [1.29, 1.82) is 0 Å². The molecule has 96 valence electrons. The van der Waals surface area contributed by atoms with Crippen molar-refractivity contribution in [3.05, 3.63) is 0 Å². The number of ether oxygens (including phenoxy) is 1. The number of piperazine rings is 1. The predicted octanol–water partition coefficient (Wildman–Crippen LogP) is 0.289. The van der Waals surface area contributed by atoms with Gasteiger partial charge in [0, 0.05) is 6.61 Å². The van der Waals surface area contributed by atoms with E-state index in [1.165, 1.54) is 0 Å². The summed E-state index contributed by atoms with van der Waals surface area (Å²) in [7, 11) is 0. The van der Waals surface area contributed by atoms with Gasteiger partial charge in [-0.25, -0.2) is 0 Å². The van der Waals surface area contributed by atoms with Crippen LogP contribution in [-0.4, -0.2) is 47.0 Å². The maximum absolute atomic E-state index is 12.4. The van der Waals surface area contributed by atoms with Crippen LogP contribution in [0.4, 0.5) is 0 Å². The lowest BCUT2D eigenvalue weighted by Crippen LogP contribution is -2.70. The Kier molecular flexibility index (Phi) is 2.89. The molecule has 0 aromatic heterocycles. The second kappa shape index (κ2) is 3.98. The molecule has 0 aromatic rings. The van der Waals surface area contributed by atoms with E-state index in [2.05, 4.69) is 5.32 Å². The third-order valence-electron chi connectivity index (χ3n) is 3.70. The van der Waals surface area contributed by atoms with Crippen LogP contribution in [0, 0.1) is 0 Å². The molecule has 0 bridgehead atoms. The fourth-order valence-electron chi connectivity index (χ4n) is 2.61. The van der Waals surface area contributed by atoms with E-state index in [0.717, 1.165) is 6.42 Å². The number of amides is 2. The molecule has 2 aliphatic rings. The van der Waals surface area contributed by atoms with Crippen LogP contribution in [0.5, 0.6) is 0 Å². The van der Waals surface area contributed by atoms with E-state index in [1.807, 2.05) is 6.92 Å². The quantitative estimate of drug-likeness (QED) is 0.716. The van der Waals surface area contributed by atoms with Crippen molar-refractivity contribution in [2.45, 2.75) is 57.8 Å². The Morgan fingerprint density at radius 1 is 1.35 bits per heavy atom. The Morgan fingerprint density at radius 2 is 2.00 bits per heavy atom. The molecule has 0 saturated carbocycles. The zero-order chi connectivity index (χ0) is 12.8. The summed E-state index contributed by atoms with van der Waals surface area (Å²) in [4.78, 5) is 26.0. The van der Waals surface area contributed by atoms with E-state index in [4.69, 9.17) is 4.74 Å². The number of nitrogens with zero attached hydrogens (tertiary/aromatic N) is 1. The summed E-state index contributed by atoms with van der Waals surface area (Å²) < 4.78 is 5.49. The molecule has 3 atom stereocenters. The van der Waals surface area contributed by atoms with Crippen molar-refractivity contribution >= 4 is 11.8 Å². The summed E-state index contributed by atoms with van der Waals surface area (Å²) in [6.45, 7) is 7.87. The molecule has 2 saturated heterocycles. The van der Waals surface area contributed by atoms with Crippen molar-refractivity contribution in [1.82, 2.24) is 10.2 Å². The average Bonchev–Trinajstić information content (AvgIpc) is 2.62. The first-order valence-corrected chi connectivity index (χ1v) is 6.11. The SMILES string of the molecule is CC1OCCC1N1C(=O)C(C)(C)NC(=O)C1C. The monoisotopic (exact) mass is 240 g/mol. The highest BCUT2D eigenvalue weighted by atomic mass is 16.5. The van der Waals surface area contributed by atoms with Gasteiger partial charge in [0.05, 0.1) is 12.1 Å². The smallest absolute Gasteiger partial charge is 0.248 e. The highest BCUT2D eigenvalue weighted by molar-refractivity contribution is 5.99. The molecule has 5 heteroatoms. The Morgan fingerprint density at radius 3 is 2.53 bits per heavy atom. The zero-order valence-corrected chi connectivity index (χ0v) is 10.8. The van der Waals surface area contributed by atoms with Gasteiger partial charge in [-0.15, -0.1) is 0 Å². The van der Waals surface area contributed by atoms with E-state index in [0.29, 0.717) is 6.61 Å². The molecule has 2 rings (SSSR count). The lowest BCUT2D eigenvalue weighted by molar-refractivity contribution is -0.156. The number of nitrogens with one attached hydrogen (secondary N) is 1. The molecular weight excluding hydrogens is 220 g/mol. The van der Waals surface area contributed by atoms with Crippen molar-refractivity contribution in [2.75, 3.05) is 6.61 Å². The molecule has 5 nitrogen and oxygen atoms in total. The van der Waals surface area contributed by atoms with Crippen LogP contribution in [0.25, 0.3) is 0 Å². The molecule has 0 aromatic carbocycles. The van der Waals surface area contributed by atoms with Gasteiger partial charge >= 0.3 is 0 Å².